The number of H-pyrrole nitrogens is 1. The molecule has 7 heteroatoms. The van der Waals surface area contributed by atoms with E-state index in [0.29, 0.717) is 24.5 Å². The number of halogens is 1. The Morgan fingerprint density at radius 1 is 1.23 bits per heavy atom. The molecule has 3 aromatic rings. The Hall–Kier alpha value is -2.54. The van der Waals surface area contributed by atoms with E-state index in [1.807, 2.05) is 0 Å². The summed E-state index contributed by atoms with van der Waals surface area (Å²) in [5.41, 5.74) is 1.55. The smallest absolute Gasteiger partial charge is 0.259 e. The quantitative estimate of drug-likeness (QED) is 0.691. The van der Waals surface area contributed by atoms with Crippen molar-refractivity contribution in [1.82, 2.24) is 14.9 Å². The van der Waals surface area contributed by atoms with Crippen LogP contribution >= 0.6 is 11.3 Å². The van der Waals surface area contributed by atoms with Crippen molar-refractivity contribution in [3.8, 4) is 0 Å². The summed E-state index contributed by atoms with van der Waals surface area (Å²) in [7, 11) is 0. The van der Waals surface area contributed by atoms with E-state index in [4.69, 9.17) is 4.98 Å². The predicted octanol–water partition coefficient (Wildman–Crippen LogP) is 3.95. The number of fused-ring (bicyclic) bond motifs is 3. The van der Waals surface area contributed by atoms with Gasteiger partial charge in [0.05, 0.1) is 11.8 Å². The first-order chi connectivity index (χ1) is 14.6. The van der Waals surface area contributed by atoms with Crippen LogP contribution in [0.1, 0.15) is 53.4 Å². The molecule has 1 amide bonds. The van der Waals surface area contributed by atoms with Crippen molar-refractivity contribution < 1.29 is 9.18 Å². The Bertz CT molecular complexity index is 1170. The fourth-order valence-corrected chi connectivity index (χ4v) is 5.99. The molecule has 1 N–H and O–H groups in total. The van der Waals surface area contributed by atoms with Gasteiger partial charge in [0.1, 0.15) is 16.5 Å². The number of carbonyl (C=O) groups excluding carboxylic acids is 1. The first-order valence-corrected chi connectivity index (χ1v) is 11.5. The SMILES string of the molecule is O=C(Cc1ccccc1F)N1CCCC(c2nc3sc4c(c3c(=O)[nH]2)CCCC4)C1. The highest BCUT2D eigenvalue weighted by Gasteiger charge is 2.28. The van der Waals surface area contributed by atoms with Crippen LogP contribution in [0.15, 0.2) is 29.1 Å². The molecule has 0 bridgehead atoms. The highest BCUT2D eigenvalue weighted by molar-refractivity contribution is 7.18. The van der Waals surface area contributed by atoms with E-state index < -0.39 is 0 Å². The van der Waals surface area contributed by atoms with Crippen molar-refractivity contribution in [3.05, 3.63) is 62.3 Å². The maximum Gasteiger partial charge on any atom is 0.259 e. The average Bonchev–Trinajstić information content (AvgIpc) is 3.14. The largest absolute Gasteiger partial charge is 0.342 e. The molecular formula is C23H24FN3O2S. The summed E-state index contributed by atoms with van der Waals surface area (Å²) in [6, 6.07) is 6.41. The number of aromatic amines is 1. The molecule has 2 aromatic heterocycles. The van der Waals surface area contributed by atoms with Crippen LogP contribution < -0.4 is 5.56 Å². The first-order valence-electron chi connectivity index (χ1n) is 10.7. The Morgan fingerprint density at radius 3 is 2.93 bits per heavy atom. The summed E-state index contributed by atoms with van der Waals surface area (Å²) < 4.78 is 13.9. The summed E-state index contributed by atoms with van der Waals surface area (Å²) in [6.07, 6.45) is 6.07. The minimum Gasteiger partial charge on any atom is -0.342 e. The molecule has 3 heterocycles. The molecule has 0 spiro atoms. The van der Waals surface area contributed by atoms with Gasteiger partial charge in [-0.05, 0) is 55.7 Å². The van der Waals surface area contributed by atoms with Gasteiger partial charge in [0.25, 0.3) is 5.56 Å². The number of nitrogens with zero attached hydrogens (tertiary/aromatic N) is 2. The van der Waals surface area contributed by atoms with Gasteiger partial charge < -0.3 is 9.88 Å². The fourth-order valence-electron chi connectivity index (χ4n) is 4.72. The number of carbonyl (C=O) groups is 1. The molecule has 1 fully saturated rings. The molecule has 0 saturated carbocycles. The lowest BCUT2D eigenvalue weighted by Crippen LogP contribution is -2.40. The lowest BCUT2D eigenvalue weighted by atomic mass is 9.95. The minimum absolute atomic E-state index is 0.000418. The summed E-state index contributed by atoms with van der Waals surface area (Å²) in [5, 5.41) is 0.766. The van der Waals surface area contributed by atoms with Gasteiger partial charge in [0, 0.05) is 23.9 Å². The van der Waals surface area contributed by atoms with Gasteiger partial charge in [-0.1, -0.05) is 18.2 Å². The van der Waals surface area contributed by atoms with Crippen LogP contribution in [-0.4, -0.2) is 33.9 Å². The van der Waals surface area contributed by atoms with Crippen molar-refractivity contribution in [1.29, 1.82) is 0 Å². The molecule has 30 heavy (non-hydrogen) atoms. The standard InChI is InChI=1S/C23H24FN3O2S/c24-17-9-3-1-6-14(17)12-19(28)27-11-5-7-15(13-27)21-25-22(29)20-16-8-2-4-10-18(16)30-23(20)26-21/h1,3,6,9,15H,2,4-5,7-8,10-13H2,(H,25,26,29). The van der Waals surface area contributed by atoms with Gasteiger partial charge in [-0.2, -0.15) is 0 Å². The predicted molar refractivity (Wildman–Crippen MR) is 116 cm³/mol. The van der Waals surface area contributed by atoms with E-state index in [-0.39, 0.29) is 29.6 Å². The molecule has 1 aromatic carbocycles. The summed E-state index contributed by atoms with van der Waals surface area (Å²) in [5.74, 6) is 0.242. The number of amides is 1. The lowest BCUT2D eigenvalue weighted by molar-refractivity contribution is -0.131. The maximum atomic E-state index is 13.9. The van der Waals surface area contributed by atoms with E-state index >= 15 is 0 Å². The fraction of sp³-hybridized carbons (Fsp3) is 0.435. The zero-order valence-electron chi connectivity index (χ0n) is 16.7. The molecule has 2 aliphatic rings. The molecular weight excluding hydrogens is 401 g/mol. The number of benzene rings is 1. The van der Waals surface area contributed by atoms with Gasteiger partial charge >= 0.3 is 0 Å². The van der Waals surface area contributed by atoms with Crippen LogP contribution in [0.4, 0.5) is 4.39 Å². The molecule has 1 unspecified atom stereocenters. The number of rotatable bonds is 3. The van der Waals surface area contributed by atoms with Crippen molar-refractivity contribution >= 4 is 27.5 Å². The van der Waals surface area contributed by atoms with Crippen molar-refractivity contribution in [2.24, 2.45) is 0 Å². The highest BCUT2D eigenvalue weighted by atomic mass is 32.1. The third-order valence-corrected chi connectivity index (χ3v) is 7.49. The summed E-state index contributed by atoms with van der Waals surface area (Å²) in [4.78, 5) is 37.4. The minimum atomic E-state index is -0.350. The van der Waals surface area contributed by atoms with E-state index in [2.05, 4.69) is 4.98 Å². The Morgan fingerprint density at radius 2 is 2.07 bits per heavy atom. The van der Waals surface area contributed by atoms with E-state index in [9.17, 15) is 14.0 Å². The van der Waals surface area contributed by atoms with Crippen molar-refractivity contribution in [2.45, 2.75) is 50.9 Å². The van der Waals surface area contributed by atoms with E-state index in [1.54, 1.807) is 34.4 Å². The van der Waals surface area contributed by atoms with Crippen LogP contribution in [0.2, 0.25) is 0 Å². The van der Waals surface area contributed by atoms with E-state index in [0.717, 1.165) is 42.3 Å². The molecule has 1 saturated heterocycles. The lowest BCUT2D eigenvalue weighted by Gasteiger charge is -2.32. The number of aryl methyl sites for hydroxylation is 2. The maximum absolute atomic E-state index is 13.9. The first kappa shape index (κ1) is 19.4. The van der Waals surface area contributed by atoms with Crippen molar-refractivity contribution in [3.63, 3.8) is 0 Å². The topological polar surface area (TPSA) is 66.1 Å². The zero-order chi connectivity index (χ0) is 20.7. The molecule has 1 aliphatic carbocycles. The van der Waals surface area contributed by atoms with Gasteiger partial charge in [-0.25, -0.2) is 9.37 Å². The highest BCUT2D eigenvalue weighted by Crippen LogP contribution is 2.34. The number of nitrogens with one attached hydrogen (secondary N) is 1. The number of thiophene rings is 1. The Labute approximate surface area is 178 Å². The van der Waals surface area contributed by atoms with Crippen LogP contribution in [0.25, 0.3) is 10.2 Å². The number of hydrogen-bond acceptors (Lipinski definition) is 4. The average molecular weight is 426 g/mol. The van der Waals surface area contributed by atoms with E-state index in [1.165, 1.54) is 22.9 Å². The third-order valence-electron chi connectivity index (χ3n) is 6.30. The van der Waals surface area contributed by atoms with Gasteiger partial charge in [-0.3, -0.25) is 9.59 Å². The number of hydrogen-bond donors (Lipinski definition) is 1. The molecule has 5 rings (SSSR count). The normalized spacial score (nSPS) is 19.1. The van der Waals surface area contributed by atoms with Gasteiger partial charge in [0.15, 0.2) is 0 Å². The van der Waals surface area contributed by atoms with Crippen LogP contribution in [0.5, 0.6) is 0 Å². The molecule has 1 aliphatic heterocycles. The second-order valence-electron chi connectivity index (χ2n) is 8.29. The third kappa shape index (κ3) is 3.55. The second-order valence-corrected chi connectivity index (χ2v) is 9.37. The monoisotopic (exact) mass is 425 g/mol. The van der Waals surface area contributed by atoms with Crippen LogP contribution in [-0.2, 0) is 24.1 Å². The molecule has 1 atom stereocenters. The summed E-state index contributed by atoms with van der Waals surface area (Å²) >= 11 is 1.65. The summed E-state index contributed by atoms with van der Waals surface area (Å²) in [6.45, 7) is 1.16. The second kappa shape index (κ2) is 7.95. The molecule has 5 nitrogen and oxygen atoms in total. The zero-order valence-corrected chi connectivity index (χ0v) is 17.6. The Kier molecular flexibility index (Phi) is 5.15. The van der Waals surface area contributed by atoms with Crippen LogP contribution in [0, 0.1) is 5.82 Å². The van der Waals surface area contributed by atoms with Crippen LogP contribution in [0.3, 0.4) is 0 Å². The molecule has 156 valence electrons. The number of aromatic nitrogens is 2. The van der Waals surface area contributed by atoms with Crippen molar-refractivity contribution in [2.75, 3.05) is 13.1 Å². The Balaban J connectivity index is 1.38. The van der Waals surface area contributed by atoms with Gasteiger partial charge in [-0.15, -0.1) is 11.3 Å². The number of piperidine rings is 1. The van der Waals surface area contributed by atoms with Gasteiger partial charge in [0.2, 0.25) is 5.91 Å². The number of likely N-dealkylation sites (tertiary alicyclic amines) is 1. The molecule has 0 radical (unpaired) electrons.